The van der Waals surface area contributed by atoms with Crippen molar-refractivity contribution < 1.29 is 0 Å². The molecule has 0 fully saturated rings. The molecule has 104 valence electrons. The summed E-state index contributed by atoms with van der Waals surface area (Å²) in [6.07, 6.45) is 10.8. The van der Waals surface area contributed by atoms with E-state index >= 15 is 0 Å². The van der Waals surface area contributed by atoms with Crippen LogP contribution in [-0.2, 0) is 0 Å². The minimum atomic E-state index is 1.22. The fraction of sp³-hybridized carbons (Fsp3) is 0.100. The van der Waals surface area contributed by atoms with Crippen molar-refractivity contribution in [2.45, 2.75) is 0 Å². The number of benzene rings is 2. The van der Waals surface area contributed by atoms with Crippen LogP contribution in [0.3, 0.4) is 0 Å². The molecule has 2 aromatic carbocycles. The van der Waals surface area contributed by atoms with Gasteiger partial charge in [-0.25, -0.2) is 0 Å². The van der Waals surface area contributed by atoms with Crippen molar-refractivity contribution in [1.29, 1.82) is 0 Å². The van der Waals surface area contributed by atoms with Gasteiger partial charge in [0.25, 0.3) is 0 Å². The Hall–Kier alpha value is -2.54. The van der Waals surface area contributed by atoms with Crippen LogP contribution in [0, 0.1) is 0 Å². The second-order valence-corrected chi connectivity index (χ2v) is 5.39. The number of anilines is 1. The molecule has 0 aliphatic heterocycles. The Kier molecular flexibility index (Phi) is 3.74. The van der Waals surface area contributed by atoms with Crippen LogP contribution >= 0.6 is 0 Å². The molecule has 0 N–H and O–H groups in total. The molecule has 0 saturated carbocycles. The van der Waals surface area contributed by atoms with E-state index in [0.717, 1.165) is 0 Å². The molecule has 0 radical (unpaired) electrons. The fourth-order valence-corrected chi connectivity index (χ4v) is 2.47. The smallest absolute Gasteiger partial charge is 0.0361 e. The maximum Gasteiger partial charge on any atom is 0.0361 e. The number of allylic oxidation sites excluding steroid dienone is 4. The van der Waals surface area contributed by atoms with Crippen molar-refractivity contribution in [3.8, 4) is 0 Å². The minimum absolute atomic E-state index is 1.22. The molecular weight excluding hydrogens is 254 g/mol. The summed E-state index contributed by atoms with van der Waals surface area (Å²) in [7, 11) is 4.11. The standard InChI is InChI=1S/C20H19N/c1-21(2)19-14-10-16(11-15-19)6-5-8-18-13-12-17-7-3-4-9-20(17)18/h3-15H,1-2H3/b6-5?,18-8+. The molecule has 0 spiro atoms. The van der Waals surface area contributed by atoms with E-state index in [1.54, 1.807) is 0 Å². The quantitative estimate of drug-likeness (QED) is 0.770. The lowest BCUT2D eigenvalue weighted by Gasteiger charge is -2.11. The summed E-state index contributed by atoms with van der Waals surface area (Å²) in [6, 6.07) is 17.0. The third-order valence-corrected chi connectivity index (χ3v) is 3.69. The van der Waals surface area contributed by atoms with Gasteiger partial charge in [0.15, 0.2) is 0 Å². The molecule has 1 aliphatic rings. The predicted octanol–water partition coefficient (Wildman–Crippen LogP) is 4.88. The van der Waals surface area contributed by atoms with Crippen LogP contribution in [-0.4, -0.2) is 14.1 Å². The van der Waals surface area contributed by atoms with Crippen molar-refractivity contribution in [3.05, 3.63) is 83.4 Å². The van der Waals surface area contributed by atoms with Gasteiger partial charge in [-0.05, 0) is 34.4 Å². The largest absolute Gasteiger partial charge is 0.378 e. The molecular formula is C20H19N. The zero-order valence-electron chi connectivity index (χ0n) is 12.5. The second kappa shape index (κ2) is 5.84. The number of hydrogen-bond donors (Lipinski definition) is 0. The van der Waals surface area contributed by atoms with Gasteiger partial charge in [0.1, 0.15) is 0 Å². The van der Waals surface area contributed by atoms with Crippen molar-refractivity contribution in [2.24, 2.45) is 0 Å². The summed E-state index contributed by atoms with van der Waals surface area (Å²) >= 11 is 0. The Labute approximate surface area is 126 Å². The van der Waals surface area contributed by atoms with Crippen LogP contribution in [0.1, 0.15) is 16.7 Å². The molecule has 2 aromatic rings. The average molecular weight is 273 g/mol. The van der Waals surface area contributed by atoms with E-state index < -0.39 is 0 Å². The monoisotopic (exact) mass is 273 g/mol. The van der Waals surface area contributed by atoms with Crippen LogP contribution in [0.25, 0.3) is 17.7 Å². The lowest BCUT2D eigenvalue weighted by Crippen LogP contribution is -2.07. The number of hydrogen-bond acceptors (Lipinski definition) is 1. The molecule has 0 aromatic heterocycles. The molecule has 0 amide bonds. The molecule has 21 heavy (non-hydrogen) atoms. The van der Waals surface area contributed by atoms with Gasteiger partial charge >= 0.3 is 0 Å². The Morgan fingerprint density at radius 1 is 0.857 bits per heavy atom. The molecule has 0 unspecified atom stereocenters. The Morgan fingerprint density at radius 2 is 1.62 bits per heavy atom. The van der Waals surface area contributed by atoms with Gasteiger partial charge in [-0.15, -0.1) is 0 Å². The summed E-state index contributed by atoms with van der Waals surface area (Å²) in [5.41, 5.74) is 6.32. The fourth-order valence-electron chi connectivity index (χ4n) is 2.47. The van der Waals surface area contributed by atoms with Crippen LogP contribution in [0.2, 0.25) is 0 Å². The van der Waals surface area contributed by atoms with Gasteiger partial charge in [0, 0.05) is 19.8 Å². The normalized spacial score (nSPS) is 14.9. The molecule has 3 rings (SSSR count). The first-order valence-electron chi connectivity index (χ1n) is 7.17. The van der Waals surface area contributed by atoms with Crippen molar-refractivity contribution >= 4 is 23.4 Å². The molecule has 1 aliphatic carbocycles. The maximum absolute atomic E-state index is 2.17. The van der Waals surface area contributed by atoms with E-state index in [1.165, 1.54) is 28.0 Å². The van der Waals surface area contributed by atoms with E-state index in [2.05, 4.69) is 97.9 Å². The minimum Gasteiger partial charge on any atom is -0.378 e. The van der Waals surface area contributed by atoms with E-state index in [1.807, 2.05) is 0 Å². The molecule has 0 saturated heterocycles. The highest BCUT2D eigenvalue weighted by Crippen LogP contribution is 2.28. The zero-order valence-corrected chi connectivity index (χ0v) is 12.5. The maximum atomic E-state index is 2.17. The average Bonchev–Trinajstić information content (AvgIpc) is 2.91. The highest BCUT2D eigenvalue weighted by molar-refractivity contribution is 5.90. The van der Waals surface area contributed by atoms with Gasteiger partial charge in [-0.3, -0.25) is 0 Å². The first-order valence-corrected chi connectivity index (χ1v) is 7.17. The number of nitrogens with zero attached hydrogens (tertiary/aromatic N) is 1. The van der Waals surface area contributed by atoms with Crippen LogP contribution < -0.4 is 4.90 Å². The number of rotatable bonds is 3. The summed E-state index contributed by atoms with van der Waals surface area (Å²) in [6.45, 7) is 0. The van der Waals surface area contributed by atoms with Gasteiger partial charge in [-0.2, -0.15) is 0 Å². The Bertz CT molecular complexity index is 716. The Morgan fingerprint density at radius 3 is 2.38 bits per heavy atom. The van der Waals surface area contributed by atoms with Crippen LogP contribution in [0.5, 0.6) is 0 Å². The lowest BCUT2D eigenvalue weighted by atomic mass is 10.1. The Balaban J connectivity index is 1.76. The first-order chi connectivity index (χ1) is 10.2. The van der Waals surface area contributed by atoms with Gasteiger partial charge < -0.3 is 4.90 Å². The van der Waals surface area contributed by atoms with Gasteiger partial charge in [0.2, 0.25) is 0 Å². The van der Waals surface area contributed by atoms with Crippen molar-refractivity contribution in [1.82, 2.24) is 0 Å². The molecule has 0 heterocycles. The SMILES string of the molecule is CN(C)c1ccc(C=C/C=C2\C=Cc3ccccc32)cc1. The van der Waals surface area contributed by atoms with E-state index in [9.17, 15) is 0 Å². The third-order valence-electron chi connectivity index (χ3n) is 3.69. The third kappa shape index (κ3) is 2.97. The highest BCUT2D eigenvalue weighted by atomic mass is 15.1. The van der Waals surface area contributed by atoms with E-state index in [0.29, 0.717) is 0 Å². The predicted molar refractivity (Wildman–Crippen MR) is 93.3 cm³/mol. The summed E-state index contributed by atoms with van der Waals surface area (Å²) < 4.78 is 0. The topological polar surface area (TPSA) is 3.24 Å². The summed E-state index contributed by atoms with van der Waals surface area (Å²) in [5.74, 6) is 0. The summed E-state index contributed by atoms with van der Waals surface area (Å²) in [4.78, 5) is 2.11. The van der Waals surface area contributed by atoms with Crippen molar-refractivity contribution in [3.63, 3.8) is 0 Å². The molecule has 1 nitrogen and oxygen atoms in total. The van der Waals surface area contributed by atoms with E-state index in [-0.39, 0.29) is 0 Å². The van der Waals surface area contributed by atoms with Crippen molar-refractivity contribution in [2.75, 3.05) is 19.0 Å². The number of fused-ring (bicyclic) bond motifs is 1. The molecule has 0 bridgehead atoms. The van der Waals surface area contributed by atoms with E-state index in [4.69, 9.17) is 0 Å². The second-order valence-electron chi connectivity index (χ2n) is 5.39. The summed E-state index contributed by atoms with van der Waals surface area (Å²) in [5, 5.41) is 0. The van der Waals surface area contributed by atoms with Crippen LogP contribution in [0.4, 0.5) is 5.69 Å². The lowest BCUT2D eigenvalue weighted by molar-refractivity contribution is 1.13. The van der Waals surface area contributed by atoms with Crippen LogP contribution in [0.15, 0.2) is 66.8 Å². The van der Waals surface area contributed by atoms with Gasteiger partial charge in [0.05, 0.1) is 0 Å². The van der Waals surface area contributed by atoms with Gasteiger partial charge in [-0.1, -0.05) is 66.8 Å². The zero-order chi connectivity index (χ0) is 14.7. The molecule has 0 atom stereocenters. The highest BCUT2D eigenvalue weighted by Gasteiger charge is 2.07. The first kappa shape index (κ1) is 13.4. The molecule has 1 heteroatoms.